The molecule has 0 spiro atoms. The van der Waals surface area contributed by atoms with Gasteiger partial charge in [0.05, 0.1) is 0 Å². The van der Waals surface area contributed by atoms with Gasteiger partial charge in [0.25, 0.3) is 0 Å². The molecule has 15 heavy (non-hydrogen) atoms. The zero-order valence-electron chi connectivity index (χ0n) is 9.41. The smallest absolute Gasteiger partial charge is 0.231 e. The average molecular weight is 207 g/mol. The second-order valence-corrected chi connectivity index (χ2v) is 4.51. The second-order valence-electron chi connectivity index (χ2n) is 4.51. The van der Waals surface area contributed by atoms with Gasteiger partial charge in [0.15, 0.2) is 11.5 Å². The van der Waals surface area contributed by atoms with Gasteiger partial charge in [-0.2, -0.15) is 0 Å². The van der Waals surface area contributed by atoms with E-state index in [0.29, 0.717) is 12.7 Å². The monoisotopic (exact) mass is 207 g/mol. The van der Waals surface area contributed by atoms with Crippen molar-refractivity contribution in [3.05, 3.63) is 23.8 Å². The highest BCUT2D eigenvalue weighted by Crippen LogP contribution is 2.36. The highest BCUT2D eigenvalue weighted by Gasteiger charge is 2.27. The molecule has 1 atom stereocenters. The lowest BCUT2D eigenvalue weighted by Gasteiger charge is -2.29. The molecule has 0 aromatic heterocycles. The van der Waals surface area contributed by atoms with Crippen molar-refractivity contribution < 1.29 is 9.47 Å². The third-order valence-corrected chi connectivity index (χ3v) is 3.19. The van der Waals surface area contributed by atoms with E-state index >= 15 is 0 Å². The first kappa shape index (κ1) is 10.3. The first-order chi connectivity index (χ1) is 7.01. The fraction of sp³-hybridized carbons (Fsp3) is 0.500. The topological polar surface area (TPSA) is 44.5 Å². The lowest BCUT2D eigenvalue weighted by molar-refractivity contribution is 0.174. The number of benzene rings is 1. The third kappa shape index (κ3) is 1.67. The number of fused-ring (bicyclic) bond motifs is 1. The van der Waals surface area contributed by atoms with Gasteiger partial charge in [-0.25, -0.2) is 0 Å². The van der Waals surface area contributed by atoms with E-state index in [1.807, 2.05) is 25.1 Å². The molecule has 1 aliphatic heterocycles. The van der Waals surface area contributed by atoms with E-state index in [-0.39, 0.29) is 5.54 Å². The average Bonchev–Trinajstić information content (AvgIpc) is 2.63. The van der Waals surface area contributed by atoms with Gasteiger partial charge in [0.2, 0.25) is 6.79 Å². The third-order valence-electron chi connectivity index (χ3n) is 3.19. The summed E-state index contributed by atoms with van der Waals surface area (Å²) in [6.07, 6.45) is 0. The van der Waals surface area contributed by atoms with Crippen molar-refractivity contribution in [3.8, 4) is 11.5 Å². The molecule has 0 saturated heterocycles. The Labute approximate surface area is 90.2 Å². The van der Waals surface area contributed by atoms with Crippen LogP contribution in [0.15, 0.2) is 18.2 Å². The summed E-state index contributed by atoms with van der Waals surface area (Å²) in [5.41, 5.74) is 7.03. The van der Waals surface area contributed by atoms with Crippen molar-refractivity contribution >= 4 is 0 Å². The summed E-state index contributed by atoms with van der Waals surface area (Å²) in [5.74, 6) is 1.97. The molecule has 0 fully saturated rings. The van der Waals surface area contributed by atoms with Crippen LogP contribution in [-0.4, -0.2) is 6.79 Å². The van der Waals surface area contributed by atoms with Crippen LogP contribution >= 0.6 is 0 Å². The predicted octanol–water partition coefficient (Wildman–Crippen LogP) is 2.25. The van der Waals surface area contributed by atoms with Crippen molar-refractivity contribution in [2.75, 3.05) is 6.79 Å². The highest BCUT2D eigenvalue weighted by molar-refractivity contribution is 5.46. The van der Waals surface area contributed by atoms with E-state index in [9.17, 15) is 0 Å². The number of nitrogens with two attached hydrogens (primary N) is 1. The maximum atomic E-state index is 6.28. The Morgan fingerprint density at radius 2 is 1.93 bits per heavy atom. The Kier molecular flexibility index (Phi) is 2.35. The molecule has 1 unspecified atom stereocenters. The van der Waals surface area contributed by atoms with Crippen LogP contribution in [0.4, 0.5) is 0 Å². The summed E-state index contributed by atoms with van der Waals surface area (Å²) in [5, 5.41) is 0. The van der Waals surface area contributed by atoms with Crippen molar-refractivity contribution in [2.24, 2.45) is 11.7 Å². The largest absolute Gasteiger partial charge is 0.454 e. The van der Waals surface area contributed by atoms with Gasteiger partial charge in [-0.3, -0.25) is 0 Å². The number of hydrogen-bond acceptors (Lipinski definition) is 3. The quantitative estimate of drug-likeness (QED) is 0.809. The maximum absolute atomic E-state index is 6.28. The molecular weight excluding hydrogens is 190 g/mol. The molecule has 82 valence electrons. The van der Waals surface area contributed by atoms with Crippen LogP contribution in [0.3, 0.4) is 0 Å². The maximum Gasteiger partial charge on any atom is 0.231 e. The number of hydrogen-bond donors (Lipinski definition) is 1. The normalized spacial score (nSPS) is 17.9. The minimum Gasteiger partial charge on any atom is -0.454 e. The first-order valence-corrected chi connectivity index (χ1v) is 5.21. The van der Waals surface area contributed by atoms with Crippen LogP contribution in [0.2, 0.25) is 0 Å². The Hall–Kier alpha value is -1.22. The highest BCUT2D eigenvalue weighted by atomic mass is 16.7. The van der Waals surface area contributed by atoms with E-state index in [1.165, 1.54) is 0 Å². The number of ether oxygens (including phenoxy) is 2. The van der Waals surface area contributed by atoms with E-state index in [1.54, 1.807) is 0 Å². The van der Waals surface area contributed by atoms with Crippen LogP contribution in [0.1, 0.15) is 26.3 Å². The zero-order chi connectivity index (χ0) is 11.1. The molecule has 0 bridgehead atoms. The van der Waals surface area contributed by atoms with E-state index in [0.717, 1.165) is 17.1 Å². The lowest BCUT2D eigenvalue weighted by atomic mass is 9.82. The summed E-state index contributed by atoms with van der Waals surface area (Å²) in [6, 6.07) is 5.90. The van der Waals surface area contributed by atoms with Crippen molar-refractivity contribution in [3.63, 3.8) is 0 Å². The molecule has 3 nitrogen and oxygen atoms in total. The van der Waals surface area contributed by atoms with Gasteiger partial charge in [0.1, 0.15) is 0 Å². The molecule has 0 amide bonds. The Morgan fingerprint density at radius 3 is 2.60 bits per heavy atom. The summed E-state index contributed by atoms with van der Waals surface area (Å²) in [6.45, 7) is 6.58. The SMILES string of the molecule is CC(C)C(C)(N)c1ccc2c(c1)OCO2. The van der Waals surface area contributed by atoms with Crippen LogP contribution in [0, 0.1) is 5.92 Å². The van der Waals surface area contributed by atoms with Crippen molar-refractivity contribution in [2.45, 2.75) is 26.3 Å². The standard InChI is InChI=1S/C12H17NO2/c1-8(2)12(3,13)9-4-5-10-11(6-9)15-7-14-10/h4-6,8H,7,13H2,1-3H3. The number of rotatable bonds is 2. The van der Waals surface area contributed by atoms with Gasteiger partial charge in [-0.1, -0.05) is 19.9 Å². The Bertz CT molecular complexity index is 372. The van der Waals surface area contributed by atoms with Gasteiger partial charge in [0, 0.05) is 5.54 Å². The molecule has 2 N–H and O–H groups in total. The molecule has 0 saturated carbocycles. The van der Waals surface area contributed by atoms with Crippen LogP contribution < -0.4 is 15.2 Å². The fourth-order valence-corrected chi connectivity index (χ4v) is 1.56. The second kappa shape index (κ2) is 3.42. The molecule has 2 rings (SSSR count). The van der Waals surface area contributed by atoms with Gasteiger partial charge < -0.3 is 15.2 Å². The summed E-state index contributed by atoms with van der Waals surface area (Å²) in [4.78, 5) is 0. The molecule has 1 heterocycles. The Morgan fingerprint density at radius 1 is 1.27 bits per heavy atom. The predicted molar refractivity (Wildman–Crippen MR) is 58.9 cm³/mol. The fourth-order valence-electron chi connectivity index (χ4n) is 1.56. The van der Waals surface area contributed by atoms with Crippen LogP contribution in [-0.2, 0) is 5.54 Å². The zero-order valence-corrected chi connectivity index (χ0v) is 9.41. The summed E-state index contributed by atoms with van der Waals surface area (Å²) in [7, 11) is 0. The van der Waals surface area contributed by atoms with E-state index in [2.05, 4.69) is 13.8 Å². The minimum atomic E-state index is -0.332. The molecule has 0 aliphatic carbocycles. The lowest BCUT2D eigenvalue weighted by Crippen LogP contribution is -2.38. The van der Waals surface area contributed by atoms with Crippen molar-refractivity contribution in [1.29, 1.82) is 0 Å². The Balaban J connectivity index is 2.38. The first-order valence-electron chi connectivity index (χ1n) is 5.21. The van der Waals surface area contributed by atoms with Gasteiger partial charge >= 0.3 is 0 Å². The molecule has 1 aromatic carbocycles. The summed E-state index contributed by atoms with van der Waals surface area (Å²) < 4.78 is 10.6. The summed E-state index contributed by atoms with van der Waals surface area (Å²) >= 11 is 0. The molecule has 3 heteroatoms. The van der Waals surface area contributed by atoms with Crippen molar-refractivity contribution in [1.82, 2.24) is 0 Å². The molecule has 1 aliphatic rings. The van der Waals surface area contributed by atoms with E-state index < -0.39 is 0 Å². The molecule has 0 radical (unpaired) electrons. The van der Waals surface area contributed by atoms with Gasteiger partial charge in [-0.05, 0) is 30.5 Å². The van der Waals surface area contributed by atoms with Gasteiger partial charge in [-0.15, -0.1) is 0 Å². The molecular formula is C12H17NO2. The van der Waals surface area contributed by atoms with Crippen LogP contribution in [0.5, 0.6) is 11.5 Å². The van der Waals surface area contributed by atoms with Crippen LogP contribution in [0.25, 0.3) is 0 Å². The molecule has 1 aromatic rings. The minimum absolute atomic E-state index is 0.307. The van der Waals surface area contributed by atoms with E-state index in [4.69, 9.17) is 15.2 Å².